The molecule has 1 saturated carbocycles. The van der Waals surface area contributed by atoms with Crippen LogP contribution in [0.3, 0.4) is 0 Å². The first kappa shape index (κ1) is 14.3. The molecule has 1 aliphatic carbocycles. The Morgan fingerprint density at radius 2 is 1.82 bits per heavy atom. The van der Waals surface area contributed by atoms with Crippen molar-refractivity contribution in [1.29, 1.82) is 0 Å². The van der Waals surface area contributed by atoms with Crippen molar-refractivity contribution in [2.45, 2.75) is 45.3 Å². The number of esters is 1. The molecule has 0 aromatic rings. The third kappa shape index (κ3) is 2.93. The van der Waals surface area contributed by atoms with Gasteiger partial charge in [-0.05, 0) is 32.6 Å². The Bertz CT molecular complexity index is 250. The van der Waals surface area contributed by atoms with E-state index < -0.39 is 24.0 Å². The highest BCUT2D eigenvalue weighted by Gasteiger charge is 2.49. The average molecular weight is 252 g/mol. The summed E-state index contributed by atoms with van der Waals surface area (Å²) >= 11 is 0. The summed E-state index contributed by atoms with van der Waals surface area (Å²) in [4.78, 5) is 11.4. The summed E-state index contributed by atoms with van der Waals surface area (Å²) < 4.78 is 30.8. The standard InChI is InChI=1S/C11H18F2O4/c1-2-17-8(14)7-3-5-11(6-4-7,9(12)15)10(13)16/h7,9-10,15-16H,2-6H2,1H3. The molecule has 0 amide bonds. The minimum Gasteiger partial charge on any atom is -0.466 e. The Hall–Kier alpha value is -0.750. The van der Waals surface area contributed by atoms with Crippen LogP contribution in [0.2, 0.25) is 0 Å². The summed E-state index contributed by atoms with van der Waals surface area (Å²) in [6.07, 6.45) is -4.59. The van der Waals surface area contributed by atoms with Gasteiger partial charge in [0.1, 0.15) is 0 Å². The van der Waals surface area contributed by atoms with Crippen LogP contribution >= 0.6 is 0 Å². The van der Waals surface area contributed by atoms with Gasteiger partial charge in [-0.15, -0.1) is 0 Å². The van der Waals surface area contributed by atoms with E-state index >= 15 is 0 Å². The Labute approximate surface area is 98.6 Å². The van der Waals surface area contributed by atoms with E-state index in [0.29, 0.717) is 0 Å². The summed E-state index contributed by atoms with van der Waals surface area (Å²) in [5.74, 6) is -0.789. The highest BCUT2D eigenvalue weighted by Crippen LogP contribution is 2.45. The molecular weight excluding hydrogens is 234 g/mol. The molecule has 0 aliphatic heterocycles. The van der Waals surface area contributed by atoms with Gasteiger partial charge < -0.3 is 14.9 Å². The first-order valence-corrected chi connectivity index (χ1v) is 5.75. The number of carbonyl (C=O) groups excluding carboxylic acids is 1. The lowest BCUT2D eigenvalue weighted by Gasteiger charge is -2.39. The second-order valence-corrected chi connectivity index (χ2v) is 4.43. The average Bonchev–Trinajstić information content (AvgIpc) is 2.28. The van der Waals surface area contributed by atoms with E-state index in [-0.39, 0.29) is 38.3 Å². The predicted molar refractivity (Wildman–Crippen MR) is 55.3 cm³/mol. The molecule has 1 aliphatic rings. The molecule has 0 aromatic carbocycles. The van der Waals surface area contributed by atoms with E-state index in [9.17, 15) is 13.6 Å². The second-order valence-electron chi connectivity index (χ2n) is 4.43. The smallest absolute Gasteiger partial charge is 0.308 e. The number of aliphatic hydroxyl groups excluding tert-OH is 2. The monoisotopic (exact) mass is 252 g/mol. The van der Waals surface area contributed by atoms with Gasteiger partial charge in [-0.1, -0.05) is 0 Å². The highest BCUT2D eigenvalue weighted by atomic mass is 19.2. The maximum atomic E-state index is 13.0. The van der Waals surface area contributed by atoms with Crippen LogP contribution < -0.4 is 0 Å². The third-order valence-corrected chi connectivity index (χ3v) is 3.49. The number of rotatable bonds is 4. The van der Waals surface area contributed by atoms with E-state index in [1.165, 1.54) is 0 Å². The molecule has 2 N–H and O–H groups in total. The highest BCUT2D eigenvalue weighted by molar-refractivity contribution is 5.72. The van der Waals surface area contributed by atoms with E-state index in [4.69, 9.17) is 14.9 Å². The molecule has 0 heterocycles. The number of hydrogen-bond donors (Lipinski definition) is 2. The molecule has 2 atom stereocenters. The lowest BCUT2D eigenvalue weighted by Crippen LogP contribution is -2.45. The molecule has 0 saturated heterocycles. The van der Waals surface area contributed by atoms with Crippen LogP contribution in [-0.2, 0) is 9.53 Å². The van der Waals surface area contributed by atoms with Gasteiger partial charge in [0.05, 0.1) is 17.9 Å². The molecule has 0 bridgehead atoms. The van der Waals surface area contributed by atoms with E-state index in [1.54, 1.807) is 6.92 Å². The first-order chi connectivity index (χ1) is 7.94. The minimum atomic E-state index is -2.43. The van der Waals surface area contributed by atoms with Crippen LogP contribution in [0, 0.1) is 11.3 Å². The van der Waals surface area contributed by atoms with Crippen molar-refractivity contribution in [3.05, 3.63) is 0 Å². The van der Waals surface area contributed by atoms with E-state index in [1.807, 2.05) is 0 Å². The largest absolute Gasteiger partial charge is 0.466 e. The minimum absolute atomic E-state index is 0.0776. The molecule has 0 spiro atoms. The molecule has 0 radical (unpaired) electrons. The molecule has 100 valence electrons. The maximum Gasteiger partial charge on any atom is 0.308 e. The number of carbonyl (C=O) groups is 1. The number of aliphatic hydroxyl groups is 2. The molecule has 2 unspecified atom stereocenters. The van der Waals surface area contributed by atoms with Crippen molar-refractivity contribution in [3.8, 4) is 0 Å². The van der Waals surface area contributed by atoms with Gasteiger partial charge in [-0.3, -0.25) is 4.79 Å². The second kappa shape index (κ2) is 5.73. The molecule has 6 heteroatoms. The Morgan fingerprint density at radius 3 is 2.18 bits per heavy atom. The van der Waals surface area contributed by atoms with Crippen molar-refractivity contribution < 1.29 is 28.5 Å². The fraction of sp³-hybridized carbons (Fsp3) is 0.909. The summed E-state index contributed by atoms with van der Waals surface area (Å²) in [5, 5.41) is 17.9. The van der Waals surface area contributed by atoms with Gasteiger partial charge in [-0.2, -0.15) is 0 Å². The zero-order valence-electron chi connectivity index (χ0n) is 9.73. The van der Waals surface area contributed by atoms with Gasteiger partial charge in [-0.25, -0.2) is 8.78 Å². The Balaban J connectivity index is 2.62. The van der Waals surface area contributed by atoms with Gasteiger partial charge in [0.25, 0.3) is 0 Å². The topological polar surface area (TPSA) is 66.8 Å². The van der Waals surface area contributed by atoms with Crippen molar-refractivity contribution in [2.24, 2.45) is 11.3 Å². The molecular formula is C11H18F2O4. The molecule has 1 rings (SSSR count). The molecule has 17 heavy (non-hydrogen) atoms. The zero-order valence-corrected chi connectivity index (χ0v) is 9.73. The van der Waals surface area contributed by atoms with Crippen molar-refractivity contribution >= 4 is 5.97 Å². The van der Waals surface area contributed by atoms with Crippen LogP contribution in [0.5, 0.6) is 0 Å². The molecule has 4 nitrogen and oxygen atoms in total. The van der Waals surface area contributed by atoms with Crippen LogP contribution in [-0.4, -0.2) is 35.5 Å². The first-order valence-electron chi connectivity index (χ1n) is 5.75. The SMILES string of the molecule is CCOC(=O)C1CCC(C(O)F)(C(O)F)CC1. The fourth-order valence-electron chi connectivity index (χ4n) is 2.24. The molecule has 1 fully saturated rings. The van der Waals surface area contributed by atoms with E-state index in [2.05, 4.69) is 0 Å². The van der Waals surface area contributed by atoms with E-state index in [0.717, 1.165) is 0 Å². The van der Waals surface area contributed by atoms with Gasteiger partial charge in [0, 0.05) is 0 Å². The van der Waals surface area contributed by atoms with Gasteiger partial charge in [0.15, 0.2) is 0 Å². The van der Waals surface area contributed by atoms with Crippen LogP contribution in [0.25, 0.3) is 0 Å². The normalized spacial score (nSPS) is 32.9. The Morgan fingerprint density at radius 1 is 1.35 bits per heavy atom. The predicted octanol–water partition coefficient (Wildman–Crippen LogP) is 1.30. The van der Waals surface area contributed by atoms with Crippen LogP contribution in [0.4, 0.5) is 8.78 Å². The van der Waals surface area contributed by atoms with Crippen LogP contribution in [0.15, 0.2) is 0 Å². The van der Waals surface area contributed by atoms with Gasteiger partial charge in [0.2, 0.25) is 12.7 Å². The quantitative estimate of drug-likeness (QED) is 0.740. The summed E-state index contributed by atoms with van der Waals surface area (Å²) in [6, 6.07) is 0. The third-order valence-electron chi connectivity index (χ3n) is 3.49. The summed E-state index contributed by atoms with van der Waals surface area (Å²) in [6.45, 7) is 1.94. The summed E-state index contributed by atoms with van der Waals surface area (Å²) in [5.41, 5.74) is -1.79. The lowest BCUT2D eigenvalue weighted by atomic mass is 9.70. The fourth-order valence-corrected chi connectivity index (χ4v) is 2.24. The van der Waals surface area contributed by atoms with Crippen molar-refractivity contribution in [2.75, 3.05) is 6.61 Å². The maximum absolute atomic E-state index is 13.0. The van der Waals surface area contributed by atoms with Crippen molar-refractivity contribution in [1.82, 2.24) is 0 Å². The number of alkyl halides is 2. The summed E-state index contributed by atoms with van der Waals surface area (Å²) in [7, 11) is 0. The lowest BCUT2D eigenvalue weighted by molar-refractivity contribution is -0.198. The number of hydrogen-bond acceptors (Lipinski definition) is 4. The Kier molecular flexibility index (Phi) is 4.82. The number of ether oxygens (including phenoxy) is 1. The van der Waals surface area contributed by atoms with Crippen LogP contribution in [0.1, 0.15) is 32.6 Å². The van der Waals surface area contributed by atoms with Gasteiger partial charge >= 0.3 is 5.97 Å². The van der Waals surface area contributed by atoms with Crippen molar-refractivity contribution in [3.63, 3.8) is 0 Å². The number of halogens is 2. The molecule has 0 aromatic heterocycles. The zero-order chi connectivity index (χ0) is 13.1.